The third-order valence-corrected chi connectivity index (χ3v) is 5.22. The van der Waals surface area contributed by atoms with Gasteiger partial charge in [-0.2, -0.15) is 16.7 Å². The predicted octanol–water partition coefficient (Wildman–Crippen LogP) is 2.47. The van der Waals surface area contributed by atoms with E-state index in [9.17, 15) is 0 Å². The zero-order valence-corrected chi connectivity index (χ0v) is 12.5. The van der Waals surface area contributed by atoms with E-state index in [0.29, 0.717) is 22.0 Å². The minimum absolute atomic E-state index is 0.326. The van der Waals surface area contributed by atoms with Crippen LogP contribution in [0.2, 0.25) is 0 Å². The van der Waals surface area contributed by atoms with Crippen LogP contribution in [0.15, 0.2) is 6.33 Å². The Morgan fingerprint density at radius 1 is 1.47 bits per heavy atom. The Balaban J connectivity index is 2.11. The van der Waals surface area contributed by atoms with Crippen LogP contribution in [0.4, 0.5) is 0 Å². The number of hydrogen-bond acceptors (Lipinski definition) is 5. The van der Waals surface area contributed by atoms with E-state index in [2.05, 4.69) is 25.8 Å². The Bertz CT molecular complexity index is 611. The summed E-state index contributed by atoms with van der Waals surface area (Å²) in [6, 6.07) is 0. The molecule has 19 heavy (non-hydrogen) atoms. The van der Waals surface area contributed by atoms with Gasteiger partial charge in [-0.15, -0.1) is 11.6 Å². The number of methoxy groups -OCH3 is 1. The van der Waals surface area contributed by atoms with Crippen LogP contribution in [-0.4, -0.2) is 37.6 Å². The Kier molecular flexibility index (Phi) is 3.30. The first-order valence-electron chi connectivity index (χ1n) is 6.08. The first-order valence-corrected chi connectivity index (χ1v) is 7.84. The number of nitrogens with zero attached hydrogens (tertiary/aromatic N) is 4. The topological polar surface area (TPSA) is 52.8 Å². The molecule has 2 aromatic rings. The molecule has 0 radical (unpaired) electrons. The molecule has 2 heterocycles. The average molecular weight is 299 g/mol. The molecule has 1 saturated carbocycles. The number of ether oxygens (including phenoxy) is 1. The highest BCUT2D eigenvalue weighted by atomic mass is 35.5. The van der Waals surface area contributed by atoms with Crippen LogP contribution in [-0.2, 0) is 12.4 Å². The fourth-order valence-electron chi connectivity index (χ4n) is 2.23. The van der Waals surface area contributed by atoms with Crippen LogP contribution in [0.5, 0.6) is 5.88 Å². The lowest BCUT2D eigenvalue weighted by atomic mass is 10.4. The van der Waals surface area contributed by atoms with E-state index in [1.807, 2.05) is 11.8 Å². The van der Waals surface area contributed by atoms with Crippen LogP contribution in [0.1, 0.15) is 18.7 Å². The van der Waals surface area contributed by atoms with Crippen LogP contribution in [0.25, 0.3) is 11.2 Å². The van der Waals surface area contributed by atoms with Crippen LogP contribution < -0.4 is 4.74 Å². The van der Waals surface area contributed by atoms with Crippen molar-refractivity contribution in [2.75, 3.05) is 13.4 Å². The van der Waals surface area contributed by atoms with E-state index in [1.54, 1.807) is 7.11 Å². The van der Waals surface area contributed by atoms with E-state index < -0.39 is 0 Å². The first-order chi connectivity index (χ1) is 9.23. The molecule has 0 aliphatic heterocycles. The molecule has 102 valence electrons. The molecule has 2 aromatic heterocycles. The summed E-state index contributed by atoms with van der Waals surface area (Å²) in [7, 11) is 1.59. The van der Waals surface area contributed by atoms with Gasteiger partial charge in [0.15, 0.2) is 11.2 Å². The summed E-state index contributed by atoms with van der Waals surface area (Å²) in [6.45, 7) is 0.896. The molecule has 0 saturated heterocycles. The van der Waals surface area contributed by atoms with Crippen molar-refractivity contribution in [3.63, 3.8) is 0 Å². The summed E-state index contributed by atoms with van der Waals surface area (Å²) in [5.41, 5.74) is 1.50. The number of thioether (sulfide) groups is 1. The van der Waals surface area contributed by atoms with Gasteiger partial charge < -0.3 is 9.30 Å². The van der Waals surface area contributed by atoms with Gasteiger partial charge in [0, 0.05) is 11.3 Å². The van der Waals surface area contributed by atoms with Gasteiger partial charge in [0.2, 0.25) is 5.88 Å². The number of rotatable bonds is 5. The molecule has 1 fully saturated rings. The maximum absolute atomic E-state index is 6.01. The van der Waals surface area contributed by atoms with E-state index in [1.165, 1.54) is 19.2 Å². The van der Waals surface area contributed by atoms with E-state index >= 15 is 0 Å². The third kappa shape index (κ3) is 2.17. The molecule has 0 spiro atoms. The van der Waals surface area contributed by atoms with Gasteiger partial charge >= 0.3 is 0 Å². The van der Waals surface area contributed by atoms with Crippen molar-refractivity contribution in [3.05, 3.63) is 12.2 Å². The van der Waals surface area contributed by atoms with E-state index in [-0.39, 0.29) is 0 Å². The summed E-state index contributed by atoms with van der Waals surface area (Å²) in [6.07, 6.45) is 6.13. The fourth-order valence-corrected chi connectivity index (χ4v) is 3.21. The fraction of sp³-hybridized carbons (Fsp3) is 0.583. The quantitative estimate of drug-likeness (QED) is 0.794. The smallest absolute Gasteiger partial charge is 0.245 e. The minimum Gasteiger partial charge on any atom is -0.479 e. The molecule has 1 aliphatic carbocycles. The van der Waals surface area contributed by atoms with Crippen LogP contribution >= 0.6 is 23.4 Å². The summed E-state index contributed by atoms with van der Waals surface area (Å²) >= 11 is 7.92. The maximum Gasteiger partial charge on any atom is 0.245 e. The lowest BCUT2D eigenvalue weighted by molar-refractivity contribution is 0.401. The minimum atomic E-state index is 0.326. The molecule has 3 rings (SSSR count). The van der Waals surface area contributed by atoms with Gasteiger partial charge in [0.05, 0.1) is 13.0 Å². The van der Waals surface area contributed by atoms with Crippen molar-refractivity contribution in [1.29, 1.82) is 0 Å². The molecular formula is C12H15ClN4OS. The number of fused-ring (bicyclic) bond motifs is 1. The summed E-state index contributed by atoms with van der Waals surface area (Å²) in [5, 5.41) is 0. The standard InChI is InChI=1S/C12H15ClN4OS/c1-18-11-9-10(14-7-15-11)17(8(5-13)16-9)6-12(19-2)3-4-12/h7H,3-6H2,1-2H3. The van der Waals surface area contributed by atoms with Gasteiger partial charge in [-0.25, -0.2) is 9.97 Å². The van der Waals surface area contributed by atoms with Crippen molar-refractivity contribution in [2.45, 2.75) is 30.0 Å². The molecule has 0 atom stereocenters. The summed E-state index contributed by atoms with van der Waals surface area (Å²) < 4.78 is 7.67. The Labute approximate surface area is 120 Å². The highest BCUT2D eigenvalue weighted by Gasteiger charge is 2.43. The molecule has 0 unspecified atom stereocenters. The molecule has 0 N–H and O–H groups in total. The second-order valence-corrected chi connectivity index (χ2v) is 6.23. The van der Waals surface area contributed by atoms with Gasteiger partial charge in [0.25, 0.3) is 0 Å². The number of hydrogen-bond donors (Lipinski definition) is 0. The Hall–Kier alpha value is -1.01. The predicted molar refractivity (Wildman–Crippen MR) is 76.9 cm³/mol. The van der Waals surface area contributed by atoms with Gasteiger partial charge in [-0.1, -0.05) is 0 Å². The lowest BCUT2D eigenvalue weighted by Gasteiger charge is -2.14. The third-order valence-electron chi connectivity index (χ3n) is 3.58. The SMILES string of the molecule is COc1ncnc2c1nc(CCl)n2CC1(SC)CC1. The Morgan fingerprint density at radius 3 is 2.84 bits per heavy atom. The molecule has 5 nitrogen and oxygen atoms in total. The van der Waals surface area contributed by atoms with E-state index in [4.69, 9.17) is 16.3 Å². The first kappa shape index (κ1) is 13.0. The lowest BCUT2D eigenvalue weighted by Crippen LogP contribution is -2.16. The number of halogens is 1. The van der Waals surface area contributed by atoms with Crippen molar-refractivity contribution in [2.24, 2.45) is 0 Å². The molecule has 0 bridgehead atoms. The zero-order valence-electron chi connectivity index (χ0n) is 10.9. The van der Waals surface area contributed by atoms with Gasteiger partial charge in [-0.05, 0) is 19.1 Å². The summed E-state index contributed by atoms with van der Waals surface area (Å²) in [5.74, 6) is 1.70. The monoisotopic (exact) mass is 298 g/mol. The normalized spacial score (nSPS) is 16.8. The zero-order chi connectivity index (χ0) is 13.5. The number of alkyl halides is 1. The molecular weight excluding hydrogens is 284 g/mol. The van der Waals surface area contributed by atoms with Crippen molar-refractivity contribution < 1.29 is 4.74 Å². The second kappa shape index (κ2) is 4.83. The van der Waals surface area contributed by atoms with Crippen LogP contribution in [0.3, 0.4) is 0 Å². The summed E-state index contributed by atoms with van der Waals surface area (Å²) in [4.78, 5) is 13.0. The number of imidazole rings is 1. The molecule has 7 heteroatoms. The average Bonchev–Trinajstić information content (AvgIpc) is 3.14. The van der Waals surface area contributed by atoms with Crippen LogP contribution in [0, 0.1) is 0 Å². The van der Waals surface area contributed by atoms with Gasteiger partial charge in [0.1, 0.15) is 12.2 Å². The number of aromatic nitrogens is 4. The van der Waals surface area contributed by atoms with Gasteiger partial charge in [-0.3, -0.25) is 0 Å². The molecule has 1 aliphatic rings. The molecule has 0 amide bonds. The van der Waals surface area contributed by atoms with Crippen molar-refractivity contribution in [1.82, 2.24) is 19.5 Å². The highest BCUT2D eigenvalue weighted by molar-refractivity contribution is 8.00. The highest BCUT2D eigenvalue weighted by Crippen LogP contribution is 2.49. The van der Waals surface area contributed by atoms with E-state index in [0.717, 1.165) is 18.0 Å². The molecule has 0 aromatic carbocycles. The second-order valence-electron chi connectivity index (χ2n) is 4.69. The van der Waals surface area contributed by atoms with Crippen molar-refractivity contribution in [3.8, 4) is 5.88 Å². The van der Waals surface area contributed by atoms with Crippen molar-refractivity contribution >= 4 is 34.5 Å². The Morgan fingerprint density at radius 2 is 2.26 bits per heavy atom. The maximum atomic E-state index is 6.01. The largest absolute Gasteiger partial charge is 0.479 e.